The molecule has 0 saturated carbocycles. The van der Waals surface area contributed by atoms with Crippen molar-refractivity contribution in [2.24, 2.45) is 0 Å². The van der Waals surface area contributed by atoms with Gasteiger partial charge in [-0.05, 0) is 44.0 Å². The number of nitrogens with one attached hydrogen (secondary N) is 1. The smallest absolute Gasteiger partial charge is 0.221 e. The van der Waals surface area contributed by atoms with Gasteiger partial charge >= 0.3 is 0 Å². The fraction of sp³-hybridized carbons (Fsp3) is 0.100. The summed E-state index contributed by atoms with van der Waals surface area (Å²) in [6.45, 7) is 1.47. The molecular weight excluding hydrogens is 390 g/mol. The van der Waals surface area contributed by atoms with Crippen LogP contribution in [0.1, 0.15) is 12.5 Å². The number of benzene rings is 1. The van der Waals surface area contributed by atoms with E-state index in [-0.39, 0.29) is 5.91 Å². The van der Waals surface area contributed by atoms with Gasteiger partial charge in [0, 0.05) is 17.0 Å². The molecule has 1 aromatic rings. The summed E-state index contributed by atoms with van der Waals surface area (Å²) in [7, 11) is 0. The van der Waals surface area contributed by atoms with Crippen LogP contribution in [0.25, 0.3) is 5.70 Å². The molecular formula is C10H8Br3NO. The minimum atomic E-state index is -0.110. The third-order valence-corrected chi connectivity index (χ3v) is 2.89. The minimum Gasteiger partial charge on any atom is -0.324 e. The van der Waals surface area contributed by atoms with Gasteiger partial charge in [0.05, 0.1) is 9.09 Å². The maximum absolute atomic E-state index is 11.0. The van der Waals surface area contributed by atoms with Gasteiger partial charge in [-0.15, -0.1) is 0 Å². The van der Waals surface area contributed by atoms with Crippen molar-refractivity contribution >= 4 is 59.4 Å². The molecule has 0 saturated heterocycles. The molecule has 0 aliphatic carbocycles. The van der Waals surface area contributed by atoms with E-state index in [9.17, 15) is 4.79 Å². The van der Waals surface area contributed by atoms with Crippen LogP contribution in [0.5, 0.6) is 0 Å². The highest BCUT2D eigenvalue weighted by molar-refractivity contribution is 9.28. The van der Waals surface area contributed by atoms with Gasteiger partial charge in [0.25, 0.3) is 0 Å². The van der Waals surface area contributed by atoms with Crippen molar-refractivity contribution in [1.29, 1.82) is 0 Å². The fourth-order valence-corrected chi connectivity index (χ4v) is 2.10. The summed E-state index contributed by atoms with van der Waals surface area (Å²) in [6, 6.07) is 7.67. The van der Waals surface area contributed by atoms with E-state index in [1.54, 1.807) is 0 Å². The van der Waals surface area contributed by atoms with Crippen LogP contribution in [0.4, 0.5) is 0 Å². The number of rotatable bonds is 2. The minimum absolute atomic E-state index is 0.110. The fourth-order valence-electron chi connectivity index (χ4n) is 1.05. The van der Waals surface area contributed by atoms with Crippen molar-refractivity contribution in [1.82, 2.24) is 5.32 Å². The highest BCUT2D eigenvalue weighted by atomic mass is 79.9. The number of amides is 1. The van der Waals surface area contributed by atoms with E-state index in [1.165, 1.54) is 6.92 Å². The van der Waals surface area contributed by atoms with Gasteiger partial charge in [0.1, 0.15) is 0 Å². The SMILES string of the molecule is CC(=O)NC(=C(Br)Br)c1cccc(Br)c1. The molecule has 0 atom stereocenters. The Morgan fingerprint density at radius 3 is 2.47 bits per heavy atom. The van der Waals surface area contributed by atoms with Crippen molar-refractivity contribution in [3.8, 4) is 0 Å². The lowest BCUT2D eigenvalue weighted by molar-refractivity contribution is -0.117. The summed E-state index contributed by atoms with van der Waals surface area (Å²) in [6.07, 6.45) is 0. The van der Waals surface area contributed by atoms with Crippen LogP contribution in [0.15, 0.2) is 32.1 Å². The largest absolute Gasteiger partial charge is 0.324 e. The summed E-state index contributed by atoms with van der Waals surface area (Å²) < 4.78 is 1.67. The second-order valence-corrected chi connectivity index (χ2v) is 6.39. The molecule has 0 heterocycles. The number of carbonyl (C=O) groups excluding carboxylic acids is 1. The highest BCUT2D eigenvalue weighted by Crippen LogP contribution is 2.26. The van der Waals surface area contributed by atoms with Crippen LogP contribution in [-0.4, -0.2) is 5.91 Å². The summed E-state index contributed by atoms with van der Waals surface area (Å²) in [5.41, 5.74) is 1.63. The lowest BCUT2D eigenvalue weighted by Gasteiger charge is -2.09. The van der Waals surface area contributed by atoms with Gasteiger partial charge in [-0.3, -0.25) is 4.79 Å². The number of halogens is 3. The third-order valence-electron chi connectivity index (χ3n) is 1.60. The van der Waals surface area contributed by atoms with Crippen LogP contribution in [0.2, 0.25) is 0 Å². The summed E-state index contributed by atoms with van der Waals surface area (Å²) in [5.74, 6) is -0.110. The molecule has 0 aliphatic heterocycles. The Morgan fingerprint density at radius 1 is 1.33 bits per heavy atom. The molecule has 0 unspecified atom stereocenters. The standard InChI is InChI=1S/C10H8Br3NO/c1-6(15)14-9(10(12)13)7-3-2-4-8(11)5-7/h2-5H,1H3,(H,14,15). The van der Waals surface area contributed by atoms with Gasteiger partial charge in [0.2, 0.25) is 5.91 Å². The zero-order valence-corrected chi connectivity index (χ0v) is 12.6. The second kappa shape index (κ2) is 5.82. The predicted octanol–water partition coefficient (Wildman–Crippen LogP) is 4.00. The molecule has 0 aromatic heterocycles. The van der Waals surface area contributed by atoms with Gasteiger partial charge in [-0.25, -0.2) is 0 Å². The number of carbonyl (C=O) groups is 1. The van der Waals surface area contributed by atoms with E-state index in [1.807, 2.05) is 24.3 Å². The van der Waals surface area contributed by atoms with Crippen molar-refractivity contribution in [2.45, 2.75) is 6.92 Å². The van der Waals surface area contributed by atoms with Gasteiger partial charge in [0.15, 0.2) is 0 Å². The van der Waals surface area contributed by atoms with E-state index in [0.29, 0.717) is 9.09 Å². The number of hydrogen-bond donors (Lipinski definition) is 1. The quantitative estimate of drug-likeness (QED) is 0.803. The van der Waals surface area contributed by atoms with Crippen LogP contribution in [-0.2, 0) is 4.79 Å². The normalized spacial score (nSPS) is 9.60. The molecule has 0 fully saturated rings. The highest BCUT2D eigenvalue weighted by Gasteiger charge is 2.07. The Bertz CT molecular complexity index is 411. The molecule has 0 spiro atoms. The third kappa shape index (κ3) is 4.09. The number of hydrogen-bond acceptors (Lipinski definition) is 1. The molecule has 0 aliphatic rings. The average molecular weight is 398 g/mol. The lowest BCUT2D eigenvalue weighted by Crippen LogP contribution is -2.18. The Morgan fingerprint density at radius 2 is 2.00 bits per heavy atom. The maximum Gasteiger partial charge on any atom is 0.221 e. The van der Waals surface area contributed by atoms with Crippen LogP contribution in [0.3, 0.4) is 0 Å². The lowest BCUT2D eigenvalue weighted by atomic mass is 10.2. The van der Waals surface area contributed by atoms with Crippen LogP contribution in [0, 0.1) is 0 Å². The molecule has 15 heavy (non-hydrogen) atoms. The Kier molecular flexibility index (Phi) is 5.02. The second-order valence-electron chi connectivity index (χ2n) is 2.83. The molecule has 1 aromatic carbocycles. The van der Waals surface area contributed by atoms with E-state index < -0.39 is 0 Å². The topological polar surface area (TPSA) is 29.1 Å². The van der Waals surface area contributed by atoms with E-state index in [4.69, 9.17) is 0 Å². The van der Waals surface area contributed by atoms with Crippen LogP contribution >= 0.6 is 47.8 Å². The molecule has 1 amide bonds. The van der Waals surface area contributed by atoms with Crippen LogP contribution < -0.4 is 5.32 Å². The maximum atomic E-state index is 11.0. The van der Waals surface area contributed by atoms with Gasteiger partial charge in [-0.2, -0.15) is 0 Å². The molecule has 2 nitrogen and oxygen atoms in total. The van der Waals surface area contributed by atoms with Gasteiger partial charge < -0.3 is 5.32 Å². The summed E-state index contributed by atoms with van der Waals surface area (Å²) in [4.78, 5) is 11.0. The molecule has 1 rings (SSSR count). The Balaban J connectivity index is 3.12. The van der Waals surface area contributed by atoms with E-state index in [2.05, 4.69) is 53.1 Å². The molecule has 80 valence electrons. The van der Waals surface area contributed by atoms with Crippen molar-refractivity contribution in [3.63, 3.8) is 0 Å². The summed E-state index contributed by atoms with van der Waals surface area (Å²) in [5, 5.41) is 2.75. The monoisotopic (exact) mass is 395 g/mol. The molecule has 1 N–H and O–H groups in total. The first-order valence-corrected chi connectivity index (χ1v) is 6.47. The molecule has 5 heteroatoms. The van der Waals surface area contributed by atoms with Crippen molar-refractivity contribution in [3.05, 3.63) is 37.7 Å². The van der Waals surface area contributed by atoms with Crippen molar-refractivity contribution in [2.75, 3.05) is 0 Å². The zero-order chi connectivity index (χ0) is 11.4. The van der Waals surface area contributed by atoms with E-state index >= 15 is 0 Å². The average Bonchev–Trinajstić information content (AvgIpc) is 2.13. The van der Waals surface area contributed by atoms with Crippen molar-refractivity contribution < 1.29 is 4.79 Å². The Labute approximate surface area is 114 Å². The van der Waals surface area contributed by atoms with Gasteiger partial charge in [-0.1, -0.05) is 28.1 Å². The van der Waals surface area contributed by atoms with E-state index in [0.717, 1.165) is 10.0 Å². The molecule has 0 bridgehead atoms. The summed E-state index contributed by atoms with van der Waals surface area (Å²) >= 11 is 9.97. The molecule has 0 radical (unpaired) electrons. The Hall–Kier alpha value is -0.130. The first-order chi connectivity index (χ1) is 7.00. The first-order valence-electron chi connectivity index (χ1n) is 4.09. The predicted molar refractivity (Wildman–Crippen MR) is 72.7 cm³/mol. The first kappa shape index (κ1) is 12.9. The zero-order valence-electron chi connectivity index (χ0n) is 7.85.